The van der Waals surface area contributed by atoms with Crippen LogP contribution in [0.25, 0.3) is 11.1 Å². The minimum atomic E-state index is -0.646. The molecule has 0 saturated carbocycles. The van der Waals surface area contributed by atoms with Crippen molar-refractivity contribution in [3.05, 3.63) is 45.2 Å². The summed E-state index contributed by atoms with van der Waals surface area (Å²) < 4.78 is 5.49. The van der Waals surface area contributed by atoms with Crippen molar-refractivity contribution < 1.29 is 9.53 Å². The van der Waals surface area contributed by atoms with Gasteiger partial charge in [0.15, 0.2) is 0 Å². The first-order chi connectivity index (χ1) is 13.7. The van der Waals surface area contributed by atoms with Crippen LogP contribution in [0, 0.1) is 22.7 Å². The Labute approximate surface area is 168 Å². The molecular weight excluding hydrogens is 370 g/mol. The Bertz CT molecular complexity index is 1130. The second-order valence-electron chi connectivity index (χ2n) is 7.80. The van der Waals surface area contributed by atoms with Crippen LogP contribution in [0.4, 0.5) is 16.3 Å². The molecular formula is C21H21N5O3. The van der Waals surface area contributed by atoms with Crippen molar-refractivity contribution in [2.45, 2.75) is 39.2 Å². The minimum absolute atomic E-state index is 0.0425. The number of aromatic nitrogens is 1. The normalized spacial score (nSPS) is 13.2. The molecule has 3 N–H and O–H groups in total. The molecule has 29 heavy (non-hydrogen) atoms. The number of fused-ring (bicyclic) bond motifs is 1. The van der Waals surface area contributed by atoms with Crippen LogP contribution in [0.2, 0.25) is 0 Å². The van der Waals surface area contributed by atoms with Crippen LogP contribution in [0.5, 0.6) is 0 Å². The lowest BCUT2D eigenvalue weighted by molar-refractivity contribution is 0.0578. The molecule has 2 heterocycles. The third-order valence-electron chi connectivity index (χ3n) is 4.57. The van der Waals surface area contributed by atoms with Gasteiger partial charge in [0.25, 0.3) is 5.56 Å². The lowest BCUT2D eigenvalue weighted by Gasteiger charge is -2.32. The summed E-state index contributed by atoms with van der Waals surface area (Å²) in [6.45, 7) is 5.96. The van der Waals surface area contributed by atoms with E-state index in [4.69, 9.17) is 10.5 Å². The monoisotopic (exact) mass is 391 g/mol. The first kappa shape index (κ1) is 20.0. The summed E-state index contributed by atoms with van der Waals surface area (Å²) in [6.07, 6.45) is 1.02. The summed E-state index contributed by atoms with van der Waals surface area (Å²) in [5.74, 6) is -0.0837. The van der Waals surface area contributed by atoms with Gasteiger partial charge in [-0.1, -0.05) is 6.07 Å². The second kappa shape index (κ2) is 7.33. The Morgan fingerprint density at radius 2 is 1.93 bits per heavy atom. The SMILES string of the molecule is CC(C)(C)OC(=O)N1CCCc2cc(-c3c(C#N)c(N)[nH]c(=O)c3C#N)ccc21. The number of H-pyrrole nitrogens is 1. The Hall–Kier alpha value is -3.78. The maximum Gasteiger partial charge on any atom is 0.414 e. The number of nitrogens with zero attached hydrogens (tertiary/aromatic N) is 3. The van der Waals surface area contributed by atoms with Gasteiger partial charge in [0.1, 0.15) is 34.7 Å². The maximum absolute atomic E-state index is 12.6. The summed E-state index contributed by atoms with van der Waals surface area (Å²) >= 11 is 0. The molecule has 0 bridgehead atoms. The number of carbonyl (C=O) groups excluding carboxylic acids is 1. The van der Waals surface area contributed by atoms with E-state index in [9.17, 15) is 20.1 Å². The van der Waals surface area contributed by atoms with Crippen LogP contribution in [0.15, 0.2) is 23.0 Å². The summed E-state index contributed by atoms with van der Waals surface area (Å²) in [6, 6.07) is 9.04. The molecule has 1 aliphatic heterocycles. The zero-order valence-electron chi connectivity index (χ0n) is 16.5. The number of amides is 1. The minimum Gasteiger partial charge on any atom is -0.443 e. The van der Waals surface area contributed by atoms with Gasteiger partial charge >= 0.3 is 6.09 Å². The highest BCUT2D eigenvalue weighted by molar-refractivity contribution is 5.91. The summed E-state index contributed by atoms with van der Waals surface area (Å²) in [4.78, 5) is 28.6. The fourth-order valence-electron chi connectivity index (χ4n) is 3.39. The first-order valence-corrected chi connectivity index (χ1v) is 9.16. The van der Waals surface area contributed by atoms with Gasteiger partial charge in [-0.05, 0) is 56.9 Å². The van der Waals surface area contributed by atoms with Crippen molar-refractivity contribution in [2.75, 3.05) is 17.2 Å². The largest absolute Gasteiger partial charge is 0.443 e. The summed E-state index contributed by atoms with van der Waals surface area (Å²) in [7, 11) is 0. The topological polar surface area (TPSA) is 136 Å². The molecule has 0 radical (unpaired) electrons. The van der Waals surface area contributed by atoms with Crippen molar-refractivity contribution in [1.82, 2.24) is 4.98 Å². The molecule has 2 aromatic rings. The smallest absolute Gasteiger partial charge is 0.414 e. The third-order valence-corrected chi connectivity index (χ3v) is 4.57. The van der Waals surface area contributed by atoms with E-state index in [0.717, 1.165) is 12.0 Å². The zero-order valence-corrected chi connectivity index (χ0v) is 16.5. The average Bonchev–Trinajstić information content (AvgIpc) is 2.65. The van der Waals surface area contributed by atoms with Crippen LogP contribution in [0.3, 0.4) is 0 Å². The van der Waals surface area contributed by atoms with E-state index in [1.807, 2.05) is 32.9 Å². The van der Waals surface area contributed by atoms with Gasteiger partial charge in [0.05, 0.1) is 5.69 Å². The summed E-state index contributed by atoms with van der Waals surface area (Å²) in [5, 5.41) is 18.9. The number of nitrogen functional groups attached to an aromatic ring is 1. The number of pyridine rings is 1. The predicted octanol–water partition coefficient (Wildman–Crippen LogP) is 3.06. The molecule has 1 aromatic heterocycles. The van der Waals surface area contributed by atoms with Gasteiger partial charge in [-0.25, -0.2) is 4.79 Å². The lowest BCUT2D eigenvalue weighted by atomic mass is 9.92. The number of nitriles is 2. The van der Waals surface area contributed by atoms with Gasteiger partial charge in [0, 0.05) is 12.1 Å². The molecule has 148 valence electrons. The molecule has 0 spiro atoms. The highest BCUT2D eigenvalue weighted by atomic mass is 16.6. The molecule has 3 rings (SSSR count). The quantitative estimate of drug-likeness (QED) is 0.767. The van der Waals surface area contributed by atoms with Crippen molar-refractivity contribution in [3.63, 3.8) is 0 Å². The van der Waals surface area contributed by atoms with E-state index in [1.165, 1.54) is 0 Å². The van der Waals surface area contributed by atoms with Crippen molar-refractivity contribution >= 4 is 17.6 Å². The lowest BCUT2D eigenvalue weighted by Crippen LogP contribution is -2.39. The molecule has 8 heteroatoms. The van der Waals surface area contributed by atoms with Crippen LogP contribution in [-0.4, -0.2) is 23.2 Å². The standard InChI is InChI=1S/C21H21N5O3/c1-21(2,3)29-20(28)26-8-4-5-12-9-13(6-7-16(12)26)17-14(10-22)18(24)25-19(27)15(17)11-23/h6-7,9H,4-5,8H2,1-3H3,(H3,24,25,27). The highest BCUT2D eigenvalue weighted by Crippen LogP contribution is 2.35. The Morgan fingerprint density at radius 3 is 2.55 bits per heavy atom. The third kappa shape index (κ3) is 3.78. The van der Waals surface area contributed by atoms with Crippen molar-refractivity contribution in [1.29, 1.82) is 10.5 Å². The van der Waals surface area contributed by atoms with E-state index in [-0.39, 0.29) is 22.5 Å². The molecule has 1 aromatic carbocycles. The Kier molecular flexibility index (Phi) is 5.04. The van der Waals surface area contributed by atoms with E-state index in [2.05, 4.69) is 4.98 Å². The molecule has 1 aliphatic rings. The van der Waals surface area contributed by atoms with Crippen molar-refractivity contribution in [2.24, 2.45) is 0 Å². The number of hydrogen-bond acceptors (Lipinski definition) is 6. The number of aromatic amines is 1. The number of benzene rings is 1. The van der Waals surface area contributed by atoms with Gasteiger partial charge in [-0.15, -0.1) is 0 Å². The van der Waals surface area contributed by atoms with Crippen LogP contribution < -0.4 is 16.2 Å². The van der Waals surface area contributed by atoms with Gasteiger partial charge < -0.3 is 15.5 Å². The number of aryl methyl sites for hydroxylation is 1. The summed E-state index contributed by atoms with van der Waals surface area (Å²) in [5.41, 5.74) is 6.72. The Morgan fingerprint density at radius 1 is 1.24 bits per heavy atom. The maximum atomic E-state index is 12.6. The molecule has 0 unspecified atom stereocenters. The van der Waals surface area contributed by atoms with Gasteiger partial charge in [0.2, 0.25) is 0 Å². The number of nitrogens with one attached hydrogen (secondary N) is 1. The average molecular weight is 391 g/mol. The fraction of sp³-hybridized carbons (Fsp3) is 0.333. The van der Waals surface area contributed by atoms with E-state index < -0.39 is 17.3 Å². The van der Waals surface area contributed by atoms with E-state index in [1.54, 1.807) is 23.1 Å². The van der Waals surface area contributed by atoms with Crippen LogP contribution >= 0.6 is 0 Å². The van der Waals surface area contributed by atoms with Gasteiger partial charge in [-0.2, -0.15) is 10.5 Å². The number of hydrogen-bond donors (Lipinski definition) is 2. The van der Waals surface area contributed by atoms with E-state index in [0.29, 0.717) is 24.2 Å². The molecule has 0 aliphatic carbocycles. The predicted molar refractivity (Wildman–Crippen MR) is 108 cm³/mol. The number of anilines is 2. The zero-order chi connectivity index (χ0) is 21.3. The first-order valence-electron chi connectivity index (χ1n) is 9.16. The fourth-order valence-corrected chi connectivity index (χ4v) is 3.39. The molecule has 0 fully saturated rings. The molecule has 0 saturated heterocycles. The highest BCUT2D eigenvalue weighted by Gasteiger charge is 2.28. The van der Waals surface area contributed by atoms with Crippen LogP contribution in [0.1, 0.15) is 43.9 Å². The van der Waals surface area contributed by atoms with Crippen LogP contribution in [-0.2, 0) is 11.2 Å². The van der Waals surface area contributed by atoms with Gasteiger partial charge in [-0.3, -0.25) is 9.69 Å². The molecule has 8 nitrogen and oxygen atoms in total. The Balaban J connectivity index is 2.12. The van der Waals surface area contributed by atoms with Crippen molar-refractivity contribution in [3.8, 4) is 23.3 Å². The number of ether oxygens (including phenoxy) is 1. The second-order valence-corrected chi connectivity index (χ2v) is 7.80. The number of rotatable bonds is 1. The molecule has 1 amide bonds. The van der Waals surface area contributed by atoms with E-state index >= 15 is 0 Å². The molecule has 0 atom stereocenters. The number of nitrogens with two attached hydrogens (primary N) is 1. The number of carbonyl (C=O) groups is 1.